The van der Waals surface area contributed by atoms with E-state index in [-0.39, 0.29) is 0 Å². The minimum Gasteiger partial charge on any atom is -0.494 e. The van der Waals surface area contributed by atoms with E-state index in [1.807, 2.05) is 50.2 Å². The topological polar surface area (TPSA) is 71.1 Å². The first kappa shape index (κ1) is 28.8. The molecule has 0 heterocycles. The Balaban J connectivity index is 1.47. The molecule has 3 rings (SSSR count). The largest absolute Gasteiger partial charge is 0.513 e. The van der Waals surface area contributed by atoms with Gasteiger partial charge in [0.05, 0.1) is 18.8 Å². The summed E-state index contributed by atoms with van der Waals surface area (Å²) in [6.45, 7) is 7.28. The molecular weight excluding hydrogens is 480 g/mol. The van der Waals surface area contributed by atoms with Crippen LogP contribution in [0.4, 0.5) is 4.79 Å². The van der Waals surface area contributed by atoms with Crippen LogP contribution in [0.25, 0.3) is 11.1 Å². The summed E-state index contributed by atoms with van der Waals surface area (Å²) in [5, 5.41) is 0. The molecule has 0 fully saturated rings. The molecule has 0 amide bonds. The van der Waals surface area contributed by atoms with Gasteiger partial charge in [0.25, 0.3) is 0 Å². The number of rotatable bonds is 14. The Bertz CT molecular complexity index is 1120. The van der Waals surface area contributed by atoms with E-state index in [9.17, 15) is 9.59 Å². The molecule has 0 saturated heterocycles. The molecule has 0 aliphatic rings. The molecule has 202 valence electrons. The summed E-state index contributed by atoms with van der Waals surface area (Å²) in [6.07, 6.45) is 6.18. The lowest BCUT2D eigenvalue weighted by Crippen LogP contribution is -2.15. The summed E-state index contributed by atoms with van der Waals surface area (Å²) in [6, 6.07) is 21.4. The molecule has 38 heavy (non-hydrogen) atoms. The number of hydrogen-bond acceptors (Lipinski definition) is 6. The Morgan fingerprint density at radius 1 is 0.684 bits per heavy atom. The van der Waals surface area contributed by atoms with Gasteiger partial charge in [-0.25, -0.2) is 9.59 Å². The summed E-state index contributed by atoms with van der Waals surface area (Å²) < 4.78 is 21.6. The number of hydrogen-bond donors (Lipinski definition) is 0. The summed E-state index contributed by atoms with van der Waals surface area (Å²) in [5.41, 5.74) is 2.29. The predicted molar refractivity (Wildman–Crippen MR) is 149 cm³/mol. The number of carbonyl (C=O) groups is 2. The van der Waals surface area contributed by atoms with E-state index in [1.165, 1.54) is 25.7 Å². The number of unbranched alkanes of at least 4 members (excludes halogenated alkanes) is 4. The zero-order valence-corrected chi connectivity index (χ0v) is 22.6. The van der Waals surface area contributed by atoms with Gasteiger partial charge in [0.1, 0.15) is 17.2 Å². The third kappa shape index (κ3) is 9.58. The second-order valence-electron chi connectivity index (χ2n) is 9.40. The molecule has 0 aromatic heterocycles. The van der Waals surface area contributed by atoms with E-state index in [1.54, 1.807) is 36.4 Å². The van der Waals surface area contributed by atoms with Gasteiger partial charge in [-0.2, -0.15) is 0 Å². The summed E-state index contributed by atoms with van der Waals surface area (Å²) in [4.78, 5) is 24.4. The molecule has 1 atom stereocenters. The molecule has 0 bridgehead atoms. The SMILES string of the molecule is CCCCCCCOc1ccc(OC(=O)c2ccc(-c3ccc(OC(=O)OCC(C)CC)cc3)cc2)cc1. The minimum absolute atomic E-state index is 0.292. The maximum absolute atomic E-state index is 12.6. The molecule has 0 N–H and O–H groups in total. The van der Waals surface area contributed by atoms with Crippen LogP contribution in [0.15, 0.2) is 72.8 Å². The first-order valence-electron chi connectivity index (χ1n) is 13.5. The van der Waals surface area contributed by atoms with Crippen molar-refractivity contribution in [3.63, 3.8) is 0 Å². The Morgan fingerprint density at radius 3 is 1.87 bits per heavy atom. The van der Waals surface area contributed by atoms with Gasteiger partial charge in [0.2, 0.25) is 0 Å². The first-order chi connectivity index (χ1) is 18.5. The van der Waals surface area contributed by atoms with Gasteiger partial charge in [-0.15, -0.1) is 0 Å². The van der Waals surface area contributed by atoms with E-state index in [4.69, 9.17) is 18.9 Å². The number of esters is 1. The third-order valence-electron chi connectivity index (χ3n) is 6.24. The van der Waals surface area contributed by atoms with Crippen LogP contribution in [0.5, 0.6) is 17.2 Å². The van der Waals surface area contributed by atoms with E-state index >= 15 is 0 Å². The fourth-order valence-corrected chi connectivity index (χ4v) is 3.63. The van der Waals surface area contributed by atoms with Crippen LogP contribution in [0.1, 0.15) is 69.7 Å². The first-order valence-corrected chi connectivity index (χ1v) is 13.5. The van der Waals surface area contributed by atoms with Crippen LogP contribution < -0.4 is 14.2 Å². The van der Waals surface area contributed by atoms with Crippen LogP contribution >= 0.6 is 0 Å². The molecule has 3 aromatic rings. The third-order valence-corrected chi connectivity index (χ3v) is 6.24. The smallest absolute Gasteiger partial charge is 0.494 e. The van der Waals surface area contributed by atoms with Crippen molar-refractivity contribution in [3.05, 3.63) is 78.4 Å². The maximum atomic E-state index is 12.6. The van der Waals surface area contributed by atoms with E-state index < -0.39 is 12.1 Å². The van der Waals surface area contributed by atoms with Gasteiger partial charge in [-0.3, -0.25) is 0 Å². The number of carbonyl (C=O) groups excluding carboxylic acids is 2. The average molecular weight is 519 g/mol. The van der Waals surface area contributed by atoms with Crippen molar-refractivity contribution >= 4 is 12.1 Å². The van der Waals surface area contributed by atoms with Gasteiger partial charge < -0.3 is 18.9 Å². The van der Waals surface area contributed by atoms with Crippen molar-refractivity contribution < 1.29 is 28.5 Å². The summed E-state index contributed by atoms with van der Waals surface area (Å²) in [7, 11) is 0. The van der Waals surface area contributed by atoms with Crippen molar-refractivity contribution in [1.82, 2.24) is 0 Å². The lowest BCUT2D eigenvalue weighted by atomic mass is 10.0. The fraction of sp³-hybridized carbons (Fsp3) is 0.375. The normalized spacial score (nSPS) is 11.4. The molecule has 1 unspecified atom stereocenters. The molecule has 0 spiro atoms. The summed E-state index contributed by atoms with van der Waals surface area (Å²) in [5.74, 6) is 1.50. The molecule has 0 aliphatic heterocycles. The Labute approximate surface area is 225 Å². The zero-order chi connectivity index (χ0) is 27.2. The minimum atomic E-state index is -0.708. The van der Waals surface area contributed by atoms with Crippen molar-refractivity contribution in [2.24, 2.45) is 5.92 Å². The van der Waals surface area contributed by atoms with Gasteiger partial charge in [-0.1, -0.05) is 77.1 Å². The van der Waals surface area contributed by atoms with E-state index in [0.29, 0.717) is 36.2 Å². The highest BCUT2D eigenvalue weighted by molar-refractivity contribution is 5.91. The van der Waals surface area contributed by atoms with Crippen LogP contribution in [-0.2, 0) is 4.74 Å². The van der Waals surface area contributed by atoms with Crippen molar-refractivity contribution in [3.8, 4) is 28.4 Å². The fourth-order valence-electron chi connectivity index (χ4n) is 3.63. The second kappa shape index (κ2) is 15.5. The number of benzene rings is 3. The van der Waals surface area contributed by atoms with Gasteiger partial charge in [0, 0.05) is 0 Å². The van der Waals surface area contributed by atoms with Gasteiger partial charge >= 0.3 is 12.1 Å². The quantitative estimate of drug-likeness (QED) is 0.0922. The predicted octanol–water partition coefficient (Wildman–Crippen LogP) is 8.48. The Kier molecular flexibility index (Phi) is 11.7. The lowest BCUT2D eigenvalue weighted by Gasteiger charge is -2.10. The van der Waals surface area contributed by atoms with Crippen molar-refractivity contribution in [2.45, 2.75) is 59.3 Å². The molecule has 3 aromatic carbocycles. The zero-order valence-electron chi connectivity index (χ0n) is 22.6. The Morgan fingerprint density at radius 2 is 1.24 bits per heavy atom. The number of ether oxygens (including phenoxy) is 4. The van der Waals surface area contributed by atoms with Crippen LogP contribution in [0.2, 0.25) is 0 Å². The lowest BCUT2D eigenvalue weighted by molar-refractivity contribution is 0.0734. The highest BCUT2D eigenvalue weighted by Gasteiger charge is 2.11. The van der Waals surface area contributed by atoms with Gasteiger partial charge in [-0.05, 0) is 72.0 Å². The maximum Gasteiger partial charge on any atom is 0.513 e. The molecular formula is C32H38O6. The molecule has 0 radical (unpaired) electrons. The molecule has 0 saturated carbocycles. The Hall–Kier alpha value is -3.80. The standard InChI is InChI=1S/C32H38O6/c1-4-6-7-8-9-22-35-28-18-20-29(21-19-28)37-31(33)27-12-10-25(11-13-27)26-14-16-30(17-15-26)38-32(34)36-23-24(3)5-2/h10-21,24H,4-9,22-23H2,1-3H3. The van der Waals surface area contributed by atoms with Crippen molar-refractivity contribution in [2.75, 3.05) is 13.2 Å². The van der Waals surface area contributed by atoms with Crippen LogP contribution in [-0.4, -0.2) is 25.3 Å². The highest BCUT2D eigenvalue weighted by atomic mass is 16.7. The summed E-state index contributed by atoms with van der Waals surface area (Å²) >= 11 is 0. The molecule has 0 aliphatic carbocycles. The van der Waals surface area contributed by atoms with Gasteiger partial charge in [0.15, 0.2) is 0 Å². The average Bonchev–Trinajstić information content (AvgIpc) is 2.95. The van der Waals surface area contributed by atoms with E-state index in [0.717, 1.165) is 29.7 Å². The van der Waals surface area contributed by atoms with Crippen LogP contribution in [0.3, 0.4) is 0 Å². The van der Waals surface area contributed by atoms with E-state index in [2.05, 4.69) is 6.92 Å². The monoisotopic (exact) mass is 518 g/mol. The molecule has 6 nitrogen and oxygen atoms in total. The highest BCUT2D eigenvalue weighted by Crippen LogP contribution is 2.24. The van der Waals surface area contributed by atoms with Crippen LogP contribution in [0, 0.1) is 5.92 Å². The molecule has 6 heteroatoms. The van der Waals surface area contributed by atoms with Crippen molar-refractivity contribution in [1.29, 1.82) is 0 Å². The second-order valence-corrected chi connectivity index (χ2v) is 9.40.